The van der Waals surface area contributed by atoms with Crippen molar-refractivity contribution in [2.24, 2.45) is 0 Å². The van der Waals surface area contributed by atoms with Gasteiger partial charge in [0.15, 0.2) is 0 Å². The lowest BCUT2D eigenvalue weighted by Crippen LogP contribution is -2.13. The molecule has 5 nitrogen and oxygen atoms in total. The lowest BCUT2D eigenvalue weighted by molar-refractivity contribution is 0.0600. The van der Waals surface area contributed by atoms with E-state index in [4.69, 9.17) is 4.74 Å². The highest BCUT2D eigenvalue weighted by atomic mass is 16.5. The Labute approximate surface area is 128 Å². The van der Waals surface area contributed by atoms with Crippen LogP contribution < -0.4 is 10.1 Å². The first-order valence-corrected chi connectivity index (χ1v) is 6.87. The Morgan fingerprint density at radius 1 is 1.05 bits per heavy atom. The molecule has 2 aromatic rings. The van der Waals surface area contributed by atoms with Crippen LogP contribution in [-0.2, 0) is 4.74 Å². The zero-order valence-corrected chi connectivity index (χ0v) is 12.5. The molecule has 22 heavy (non-hydrogen) atoms. The number of ether oxygens (including phenoxy) is 2. The fraction of sp³-hybridized carbons (Fsp3) is 0.176. The van der Waals surface area contributed by atoms with Gasteiger partial charge in [0.1, 0.15) is 5.75 Å². The van der Waals surface area contributed by atoms with Crippen LogP contribution in [0.15, 0.2) is 48.5 Å². The van der Waals surface area contributed by atoms with Crippen LogP contribution in [0.3, 0.4) is 0 Å². The van der Waals surface area contributed by atoms with Crippen molar-refractivity contribution >= 4 is 17.6 Å². The molecule has 0 aliphatic carbocycles. The van der Waals surface area contributed by atoms with Crippen molar-refractivity contribution in [3.8, 4) is 5.75 Å². The summed E-state index contributed by atoms with van der Waals surface area (Å²) in [6, 6.07) is 13.5. The van der Waals surface area contributed by atoms with Crippen LogP contribution in [0.5, 0.6) is 5.75 Å². The van der Waals surface area contributed by atoms with Crippen LogP contribution >= 0.6 is 0 Å². The molecule has 1 N–H and O–H groups in total. The van der Waals surface area contributed by atoms with E-state index in [0.717, 1.165) is 0 Å². The number of carbonyl (C=O) groups excluding carboxylic acids is 2. The van der Waals surface area contributed by atoms with Gasteiger partial charge < -0.3 is 14.8 Å². The van der Waals surface area contributed by atoms with Crippen molar-refractivity contribution in [3.05, 3.63) is 59.7 Å². The van der Waals surface area contributed by atoms with Crippen molar-refractivity contribution in [1.29, 1.82) is 0 Å². The van der Waals surface area contributed by atoms with Gasteiger partial charge in [-0.1, -0.05) is 12.1 Å². The molecule has 0 aliphatic heterocycles. The zero-order valence-electron chi connectivity index (χ0n) is 12.5. The van der Waals surface area contributed by atoms with Gasteiger partial charge in [0, 0.05) is 5.69 Å². The molecule has 0 radical (unpaired) electrons. The van der Waals surface area contributed by atoms with E-state index in [1.165, 1.54) is 7.11 Å². The van der Waals surface area contributed by atoms with Gasteiger partial charge in [-0.2, -0.15) is 0 Å². The van der Waals surface area contributed by atoms with E-state index >= 15 is 0 Å². The number of benzene rings is 2. The zero-order chi connectivity index (χ0) is 15.9. The molecule has 0 saturated heterocycles. The summed E-state index contributed by atoms with van der Waals surface area (Å²) in [5, 5.41) is 2.77. The molecule has 114 valence electrons. The highest BCUT2D eigenvalue weighted by molar-refractivity contribution is 6.06. The van der Waals surface area contributed by atoms with Crippen molar-refractivity contribution in [3.63, 3.8) is 0 Å². The normalized spacial score (nSPS) is 9.91. The van der Waals surface area contributed by atoms with Crippen LogP contribution in [-0.4, -0.2) is 25.6 Å². The molecule has 0 spiro atoms. The average Bonchev–Trinajstić information content (AvgIpc) is 2.55. The van der Waals surface area contributed by atoms with Gasteiger partial charge in [0.2, 0.25) is 0 Å². The Morgan fingerprint density at radius 2 is 1.73 bits per heavy atom. The van der Waals surface area contributed by atoms with Crippen LogP contribution in [0, 0.1) is 0 Å². The average molecular weight is 299 g/mol. The highest BCUT2D eigenvalue weighted by Crippen LogP contribution is 2.20. The minimum Gasteiger partial charge on any atom is -0.493 e. The van der Waals surface area contributed by atoms with Crippen molar-refractivity contribution < 1.29 is 19.1 Å². The molecule has 0 saturated carbocycles. The van der Waals surface area contributed by atoms with E-state index in [0.29, 0.717) is 29.2 Å². The molecule has 0 atom stereocenters. The second-order valence-corrected chi connectivity index (χ2v) is 4.45. The Hall–Kier alpha value is -2.82. The van der Waals surface area contributed by atoms with Gasteiger partial charge in [-0.15, -0.1) is 0 Å². The predicted molar refractivity (Wildman–Crippen MR) is 83.3 cm³/mol. The number of nitrogens with one attached hydrogen (secondary N) is 1. The summed E-state index contributed by atoms with van der Waals surface area (Å²) in [5.74, 6) is -0.150. The first-order valence-electron chi connectivity index (χ1n) is 6.87. The van der Waals surface area contributed by atoms with Crippen LogP contribution in [0.4, 0.5) is 5.69 Å². The molecule has 0 aromatic heterocycles. The van der Waals surface area contributed by atoms with E-state index < -0.39 is 5.97 Å². The van der Waals surface area contributed by atoms with E-state index in [9.17, 15) is 9.59 Å². The number of hydrogen-bond acceptors (Lipinski definition) is 4. The molecule has 1 amide bonds. The van der Waals surface area contributed by atoms with Crippen LogP contribution in [0.1, 0.15) is 27.6 Å². The first-order chi connectivity index (χ1) is 10.7. The van der Waals surface area contributed by atoms with E-state index in [1.807, 2.05) is 13.0 Å². The van der Waals surface area contributed by atoms with Gasteiger partial charge in [0.05, 0.1) is 24.8 Å². The van der Waals surface area contributed by atoms with Crippen LogP contribution in [0.2, 0.25) is 0 Å². The third kappa shape index (κ3) is 3.63. The molecule has 0 bridgehead atoms. The second kappa shape index (κ2) is 7.26. The first kappa shape index (κ1) is 15.6. The van der Waals surface area contributed by atoms with Crippen LogP contribution in [0.25, 0.3) is 0 Å². The maximum Gasteiger partial charge on any atom is 0.337 e. The summed E-state index contributed by atoms with van der Waals surface area (Å²) >= 11 is 0. The SMILES string of the molecule is CCOc1ccccc1C(=O)Nc1ccc(C(=O)OC)cc1. The van der Waals surface area contributed by atoms with E-state index in [2.05, 4.69) is 10.1 Å². The molecular formula is C17H17NO4. The Kier molecular flexibility index (Phi) is 5.14. The third-order valence-electron chi connectivity index (χ3n) is 3.00. The third-order valence-corrected chi connectivity index (χ3v) is 3.00. The quantitative estimate of drug-likeness (QED) is 0.862. The summed E-state index contributed by atoms with van der Waals surface area (Å²) in [4.78, 5) is 23.7. The number of para-hydroxylation sites is 1. The molecular weight excluding hydrogens is 282 g/mol. The molecule has 0 unspecified atom stereocenters. The minimum atomic E-state index is -0.417. The van der Waals surface area contributed by atoms with Gasteiger partial charge in [-0.3, -0.25) is 4.79 Å². The van der Waals surface area contributed by atoms with Crippen molar-refractivity contribution in [1.82, 2.24) is 0 Å². The fourth-order valence-corrected chi connectivity index (χ4v) is 1.94. The second-order valence-electron chi connectivity index (χ2n) is 4.45. The van der Waals surface area contributed by atoms with Crippen molar-refractivity contribution in [2.75, 3.05) is 19.0 Å². The molecule has 0 fully saturated rings. The lowest BCUT2D eigenvalue weighted by atomic mass is 10.1. The number of esters is 1. The molecule has 0 aliphatic rings. The number of rotatable bonds is 5. The summed E-state index contributed by atoms with van der Waals surface area (Å²) < 4.78 is 10.1. The van der Waals surface area contributed by atoms with E-state index in [-0.39, 0.29) is 5.91 Å². The minimum absolute atomic E-state index is 0.269. The number of hydrogen-bond donors (Lipinski definition) is 1. The van der Waals surface area contributed by atoms with E-state index in [1.54, 1.807) is 42.5 Å². The van der Waals surface area contributed by atoms with Crippen molar-refractivity contribution in [2.45, 2.75) is 6.92 Å². The summed E-state index contributed by atoms with van der Waals surface area (Å²) in [7, 11) is 1.32. The van der Waals surface area contributed by atoms with Gasteiger partial charge in [0.25, 0.3) is 5.91 Å². The standard InChI is InChI=1S/C17H17NO4/c1-3-22-15-7-5-4-6-14(15)16(19)18-13-10-8-12(9-11-13)17(20)21-2/h4-11H,3H2,1-2H3,(H,18,19). The summed E-state index contributed by atoms with van der Waals surface area (Å²) in [6.07, 6.45) is 0. The Balaban J connectivity index is 2.14. The number of methoxy groups -OCH3 is 1. The highest BCUT2D eigenvalue weighted by Gasteiger charge is 2.12. The fourth-order valence-electron chi connectivity index (χ4n) is 1.94. The lowest BCUT2D eigenvalue weighted by Gasteiger charge is -2.10. The predicted octanol–water partition coefficient (Wildman–Crippen LogP) is 3.12. The topological polar surface area (TPSA) is 64.6 Å². The smallest absolute Gasteiger partial charge is 0.337 e. The molecule has 2 aromatic carbocycles. The maximum atomic E-state index is 12.3. The summed E-state index contributed by atoms with van der Waals surface area (Å²) in [5.41, 5.74) is 1.47. The van der Waals surface area contributed by atoms with Gasteiger partial charge >= 0.3 is 5.97 Å². The maximum absolute atomic E-state index is 12.3. The number of amides is 1. The molecule has 0 heterocycles. The molecule has 5 heteroatoms. The molecule has 2 rings (SSSR count). The Bertz CT molecular complexity index is 665. The summed E-state index contributed by atoms with van der Waals surface area (Å²) in [6.45, 7) is 2.35. The number of carbonyl (C=O) groups is 2. The number of anilines is 1. The largest absolute Gasteiger partial charge is 0.493 e. The van der Waals surface area contributed by atoms with Gasteiger partial charge in [-0.25, -0.2) is 4.79 Å². The van der Waals surface area contributed by atoms with Gasteiger partial charge in [-0.05, 0) is 43.3 Å². The Morgan fingerprint density at radius 3 is 2.36 bits per heavy atom. The monoisotopic (exact) mass is 299 g/mol.